The van der Waals surface area contributed by atoms with E-state index in [9.17, 15) is 28.8 Å². The number of nitrogens with zero attached hydrogens (tertiary/aromatic N) is 9. The lowest BCUT2D eigenvalue weighted by Crippen LogP contribution is -2.57. The zero-order chi connectivity index (χ0) is 91.3. The second kappa shape index (κ2) is 43.8. The van der Waals surface area contributed by atoms with Gasteiger partial charge in [-0.05, 0) is 255 Å². The summed E-state index contributed by atoms with van der Waals surface area (Å²) in [6.07, 6.45) is 2.41. The van der Waals surface area contributed by atoms with Gasteiger partial charge in [0, 0.05) is 105 Å². The summed E-state index contributed by atoms with van der Waals surface area (Å²) < 4.78 is 11.0. The minimum Gasteiger partial charge on any atom is -0.444 e. The molecule has 4 N–H and O–H groups in total. The summed E-state index contributed by atoms with van der Waals surface area (Å²) >= 11 is 50.9. The lowest BCUT2D eigenvalue weighted by Gasteiger charge is -2.44. The number of carbonyl (C=O) groups is 6. The smallest absolute Gasteiger partial charge is 0.410 e. The minimum atomic E-state index is -0.690. The van der Waals surface area contributed by atoms with Crippen molar-refractivity contribution in [1.29, 1.82) is 0 Å². The molecule has 6 heterocycles. The Kier molecular flexibility index (Phi) is 34.2. The molecule has 8 atom stereocenters. The maximum Gasteiger partial charge on any atom is 0.410 e. The number of piperazine rings is 4. The fraction of sp³-hybridized carbons (Fsp3) is 0.449. The number of anilines is 4. The summed E-state index contributed by atoms with van der Waals surface area (Å²) in [6, 6.07) is 53.5. The third kappa shape index (κ3) is 25.8. The predicted octanol–water partition coefficient (Wildman–Crippen LogP) is 21.5. The lowest BCUT2D eigenvalue weighted by molar-refractivity contribution is -0.137. The number of nitrogens with two attached hydrogens (primary N) is 1. The molecule has 0 spiro atoms. The van der Waals surface area contributed by atoms with Crippen LogP contribution in [-0.4, -0.2) is 187 Å². The number of ether oxygens (including phenoxy) is 2. The van der Waals surface area contributed by atoms with Crippen molar-refractivity contribution < 1.29 is 38.2 Å². The van der Waals surface area contributed by atoms with Crippen LogP contribution in [0.1, 0.15) is 164 Å². The van der Waals surface area contributed by atoms with Gasteiger partial charge in [-0.25, -0.2) is 9.59 Å². The Morgan fingerprint density at radius 2 is 0.722 bits per heavy atom. The van der Waals surface area contributed by atoms with Crippen molar-refractivity contribution in [1.82, 2.24) is 35.1 Å². The zero-order valence-electron chi connectivity index (χ0n) is 74.6. The number of likely N-dealkylation sites (tertiary alicyclic amines) is 1. The number of benzene rings is 8. The Morgan fingerprint density at radius 1 is 0.397 bits per heavy atom. The molecule has 0 saturated carbocycles. The Bertz CT molecular complexity index is 4810. The van der Waals surface area contributed by atoms with Crippen LogP contribution in [0.25, 0.3) is 0 Å². The molecule has 6 saturated heterocycles. The minimum absolute atomic E-state index is 0.00335. The molecule has 8 aromatic carbocycles. The molecule has 0 aliphatic carbocycles. The largest absolute Gasteiger partial charge is 0.444 e. The summed E-state index contributed by atoms with van der Waals surface area (Å²) in [5, 5.41) is 11.7. The first-order valence-corrected chi connectivity index (χ1v) is 46.5. The van der Waals surface area contributed by atoms with E-state index < -0.39 is 41.5 Å². The number of nitrogens with one attached hydrogen (secondary N) is 2. The van der Waals surface area contributed by atoms with Gasteiger partial charge in [0.15, 0.2) is 0 Å². The normalized spacial score (nSPS) is 19.7. The number of rotatable bonds is 15. The molecule has 6 aliphatic heterocycles. The molecule has 676 valence electrons. The topological polar surface area (TPSA) is 200 Å². The number of alkyl carbamates (subject to hydrolysis) is 1. The maximum atomic E-state index is 13.7. The highest BCUT2D eigenvalue weighted by atomic mass is 35.5. The van der Waals surface area contributed by atoms with Gasteiger partial charge in [0.1, 0.15) is 23.3 Å². The number of hydrogen-bond donors (Lipinski definition) is 3. The monoisotopic (exact) mass is 1870 g/mol. The summed E-state index contributed by atoms with van der Waals surface area (Å²) in [5.41, 5.74) is 17.5. The van der Waals surface area contributed by atoms with E-state index in [1.165, 1.54) is 0 Å². The molecule has 0 unspecified atom stereocenters. The van der Waals surface area contributed by atoms with Gasteiger partial charge in [0.05, 0.1) is 79.1 Å². The first kappa shape index (κ1) is 98.2. The van der Waals surface area contributed by atoms with Gasteiger partial charge in [0.25, 0.3) is 0 Å². The highest BCUT2D eigenvalue weighted by molar-refractivity contribution is 6.35. The summed E-state index contributed by atoms with van der Waals surface area (Å²) in [5.74, 6) is 0.0656. The Labute approximate surface area is 784 Å². The van der Waals surface area contributed by atoms with Gasteiger partial charge < -0.3 is 65.0 Å². The fourth-order valence-electron chi connectivity index (χ4n) is 16.9. The molecule has 6 fully saturated rings. The number of carbonyl (C=O) groups excluding carboxylic acids is 6. The number of halogens is 8. The summed E-state index contributed by atoms with van der Waals surface area (Å²) in [7, 11) is 0. The Balaban J connectivity index is 0.000000164. The average Bonchev–Trinajstić information content (AvgIpc) is 1.12. The van der Waals surface area contributed by atoms with Crippen molar-refractivity contribution >= 4 is 151 Å². The molecule has 14 rings (SSSR count). The van der Waals surface area contributed by atoms with E-state index >= 15 is 0 Å². The molecule has 0 aromatic heterocycles. The number of hydrogen-bond acceptors (Lipinski definition) is 14. The fourth-order valence-corrected chi connectivity index (χ4v) is 18.8. The van der Waals surface area contributed by atoms with Crippen LogP contribution in [0.15, 0.2) is 170 Å². The molecule has 6 aliphatic rings. The van der Waals surface area contributed by atoms with Gasteiger partial charge in [-0.15, -0.1) is 0 Å². The molecule has 0 radical (unpaired) electrons. The molecule has 126 heavy (non-hydrogen) atoms. The van der Waals surface area contributed by atoms with Crippen LogP contribution in [0.3, 0.4) is 0 Å². The lowest BCUT2D eigenvalue weighted by atomic mass is 9.98. The molecule has 8 aromatic rings. The van der Waals surface area contributed by atoms with E-state index in [2.05, 4.69) is 60.6 Å². The van der Waals surface area contributed by atoms with Crippen molar-refractivity contribution in [2.75, 3.05) is 111 Å². The average molecular weight is 1880 g/mol. The van der Waals surface area contributed by atoms with Crippen molar-refractivity contribution in [3.8, 4) is 0 Å². The van der Waals surface area contributed by atoms with Crippen LogP contribution in [0.2, 0.25) is 40.2 Å². The van der Waals surface area contributed by atoms with E-state index in [0.29, 0.717) is 115 Å². The molecule has 6 amide bonds. The first-order chi connectivity index (χ1) is 59.7. The predicted molar refractivity (Wildman–Crippen MR) is 515 cm³/mol. The van der Waals surface area contributed by atoms with Crippen LogP contribution in [-0.2, 0) is 28.7 Å². The van der Waals surface area contributed by atoms with Crippen LogP contribution in [0.5, 0.6) is 0 Å². The van der Waals surface area contributed by atoms with E-state index in [0.717, 1.165) is 110 Å². The van der Waals surface area contributed by atoms with E-state index in [4.69, 9.17) is 108 Å². The first-order valence-electron chi connectivity index (χ1n) is 43.5. The second-order valence-corrected chi connectivity index (χ2v) is 39.5. The quantitative estimate of drug-likeness (QED) is 0.0875. The highest BCUT2D eigenvalue weighted by Crippen LogP contribution is 2.43. The van der Waals surface area contributed by atoms with Gasteiger partial charge in [-0.3, -0.25) is 24.1 Å². The van der Waals surface area contributed by atoms with Gasteiger partial charge in [-0.2, -0.15) is 0 Å². The third-order valence-corrected chi connectivity index (χ3v) is 25.8. The summed E-state index contributed by atoms with van der Waals surface area (Å²) in [4.78, 5) is 96.6. The Hall–Kier alpha value is -8.38. The van der Waals surface area contributed by atoms with E-state index in [1.54, 1.807) is 25.7 Å². The standard InChI is InChI=1S/C27H33Cl2N3O3.C27H35Cl2N3O3.C22H25Cl2N3O.C22H27Cl2N3O/c1-18-7-12-22(21(29)16-18)31-15-14-30(17-24(31)19-8-10-20(28)11-9-19)25(33)23-6-5-13-32(23)26(34)35-27(2,3)4;1-17(2)24(30-26(34)35-27(4,5)6)25(33)31-13-14-32(22-12-7-18(3)15-21(22)29)23(16-31)19-8-10-20(28)11-9-19;1-15-4-9-20(18(24)13-15)27-12-11-26(22(28)19-3-2-10-25-19)14-21(27)16-5-7-17(23)8-6-16;1-14(2)21(25)22(28)26-10-11-27(19-9-4-15(3)12-18(19)24)20(13-26)16-5-7-17(23)8-6-16/h7-12,16,23-24H,5-6,13-15,17H2,1-4H3;7-12,15,17,23-24H,13-14,16H2,1-6H3,(H,30,34);4-9,13,19,21,25H,2-3,10-12,14H2,1H3;4-9,12,14,20-21H,10-11,13,25H2,1-3H3/t23-,24+;23-,24-;19-,21+;20-,21-/m1010/s1. The second-order valence-electron chi connectivity index (χ2n) is 36.1. The van der Waals surface area contributed by atoms with E-state index in [1.807, 2.05) is 235 Å². The Morgan fingerprint density at radius 3 is 1.03 bits per heavy atom. The third-order valence-electron chi connectivity index (χ3n) is 23.6. The number of amides is 6. The molecule has 0 bridgehead atoms. The van der Waals surface area contributed by atoms with Crippen LogP contribution in [0.4, 0.5) is 32.3 Å². The molecule has 20 nitrogen and oxygen atoms in total. The van der Waals surface area contributed by atoms with Crippen molar-refractivity contribution in [3.63, 3.8) is 0 Å². The van der Waals surface area contributed by atoms with Gasteiger partial charge in [0.2, 0.25) is 23.6 Å². The van der Waals surface area contributed by atoms with Gasteiger partial charge >= 0.3 is 12.2 Å². The summed E-state index contributed by atoms with van der Waals surface area (Å²) in [6.45, 7) is 35.4. The van der Waals surface area contributed by atoms with E-state index in [-0.39, 0.29) is 65.7 Å². The van der Waals surface area contributed by atoms with Crippen LogP contribution in [0, 0.1) is 39.5 Å². The molecule has 28 heteroatoms. The van der Waals surface area contributed by atoms with Gasteiger partial charge in [-0.1, -0.05) is 193 Å². The highest BCUT2D eigenvalue weighted by Gasteiger charge is 2.44. The van der Waals surface area contributed by atoms with Crippen molar-refractivity contribution in [2.24, 2.45) is 17.6 Å². The molecular formula is C98H120Cl8N12O8. The zero-order valence-corrected chi connectivity index (χ0v) is 80.6. The van der Waals surface area contributed by atoms with Crippen LogP contribution < -0.4 is 36.0 Å². The molecular weight excluding hydrogens is 1760 g/mol. The SMILES string of the molecule is Cc1ccc(N2CCN(C(=O)[C@@H](N)C(C)C)C[C@H]2c2ccc(Cl)cc2)c(Cl)c1.Cc1ccc(N2CCN(C(=O)[C@@H](NC(=O)OC(C)(C)C)C(C)C)C[C@H]2c2ccc(Cl)cc2)c(Cl)c1.Cc1ccc(N2CCN(C(=O)[C@H]3CCCN3)C[C@H]2c2ccc(Cl)cc2)c(Cl)c1.Cc1ccc(N2CCN(C(=O)[C@H]3CCCN3C(=O)OC(C)(C)C)C[C@H]2c2ccc(Cl)cc2)c(Cl)c1. The van der Waals surface area contributed by atoms with Crippen LogP contribution >= 0.6 is 92.8 Å². The van der Waals surface area contributed by atoms with Crippen molar-refractivity contribution in [2.45, 2.75) is 182 Å². The van der Waals surface area contributed by atoms with Crippen molar-refractivity contribution in [3.05, 3.63) is 255 Å². The maximum absolute atomic E-state index is 13.7. The number of aryl methyl sites for hydroxylation is 4.